The molecule has 0 saturated carbocycles. The maximum Gasteiger partial charge on any atom is 0.472 e. The number of nitrogens with zero attached hydrogens (tertiary/aromatic N) is 4. The van der Waals surface area contributed by atoms with E-state index < -0.39 is 25.6 Å². The van der Waals surface area contributed by atoms with Crippen LogP contribution >= 0.6 is 7.82 Å². The number of benzene rings is 1. The van der Waals surface area contributed by atoms with Crippen LogP contribution in [0, 0.1) is 17.2 Å². The van der Waals surface area contributed by atoms with E-state index in [0.717, 1.165) is 24.3 Å². The Morgan fingerprint density at radius 2 is 1.65 bits per heavy atom. The summed E-state index contributed by atoms with van der Waals surface area (Å²) < 4.78 is 43.2. The summed E-state index contributed by atoms with van der Waals surface area (Å²) in [7, 11) is -4.47. The number of rotatable bonds is 27. The maximum atomic E-state index is 12.9. The summed E-state index contributed by atoms with van der Waals surface area (Å²) in [6.45, 7) is 5.30. The Labute approximate surface area is 310 Å². The number of unbranched alkanes of at least 4 members (excludes halogenated alkanes) is 11. The number of nitriles is 1. The van der Waals surface area contributed by atoms with Crippen molar-refractivity contribution in [3.05, 3.63) is 60.0 Å². The van der Waals surface area contributed by atoms with E-state index in [1.54, 1.807) is 12.1 Å². The van der Waals surface area contributed by atoms with Crippen molar-refractivity contribution in [2.45, 2.75) is 135 Å². The van der Waals surface area contributed by atoms with E-state index in [2.05, 4.69) is 30.0 Å². The van der Waals surface area contributed by atoms with E-state index in [1.165, 1.54) is 81.5 Å². The van der Waals surface area contributed by atoms with Gasteiger partial charge in [-0.1, -0.05) is 121 Å². The van der Waals surface area contributed by atoms with Gasteiger partial charge < -0.3 is 24.8 Å². The highest BCUT2D eigenvalue weighted by Gasteiger charge is 2.45. The van der Waals surface area contributed by atoms with Crippen molar-refractivity contribution in [1.82, 2.24) is 14.6 Å². The van der Waals surface area contributed by atoms with E-state index in [0.29, 0.717) is 37.3 Å². The molecule has 3 N–H and O–H groups in total. The molecule has 1 aromatic carbocycles. The predicted molar refractivity (Wildman–Crippen MR) is 201 cm³/mol. The number of anilines is 1. The molecule has 1 aliphatic rings. The molecule has 2 aromatic heterocycles. The molecule has 13 heteroatoms. The van der Waals surface area contributed by atoms with Crippen molar-refractivity contribution in [3.63, 3.8) is 0 Å². The summed E-state index contributed by atoms with van der Waals surface area (Å²) in [5.74, 6) is 1.11. The van der Waals surface area contributed by atoms with Gasteiger partial charge in [-0.15, -0.1) is 0 Å². The van der Waals surface area contributed by atoms with Gasteiger partial charge >= 0.3 is 7.82 Å². The molecule has 1 saturated heterocycles. The molecule has 1 aliphatic heterocycles. The molecule has 52 heavy (non-hydrogen) atoms. The zero-order chi connectivity index (χ0) is 37.1. The minimum absolute atomic E-state index is 0.191. The third-order valence-corrected chi connectivity index (χ3v) is 10.5. The van der Waals surface area contributed by atoms with Crippen molar-refractivity contribution in [2.24, 2.45) is 5.92 Å². The van der Waals surface area contributed by atoms with Gasteiger partial charge in [-0.25, -0.2) is 14.1 Å². The summed E-state index contributed by atoms with van der Waals surface area (Å²) in [6, 6.07) is 15.4. The highest BCUT2D eigenvalue weighted by atomic mass is 31.2. The summed E-state index contributed by atoms with van der Waals surface area (Å²) in [5, 5.41) is 14.3. The highest BCUT2D eigenvalue weighted by molar-refractivity contribution is 7.47. The lowest BCUT2D eigenvalue weighted by atomic mass is 9.98. The van der Waals surface area contributed by atoms with Gasteiger partial charge in [0.05, 0.1) is 38.2 Å². The fraction of sp³-hybridized carbons (Fsp3) is 0.667. The zero-order valence-electron chi connectivity index (χ0n) is 31.2. The van der Waals surface area contributed by atoms with Crippen LogP contribution in [-0.2, 0) is 40.0 Å². The van der Waals surface area contributed by atoms with Crippen LogP contribution in [-0.4, -0.2) is 58.1 Å². The number of nitrogen functional groups attached to an aromatic ring is 1. The number of aromatic nitrogens is 3. The minimum atomic E-state index is -4.47. The quantitative estimate of drug-likeness (QED) is 0.0568. The Morgan fingerprint density at radius 1 is 0.981 bits per heavy atom. The number of phosphoric acid groups is 1. The number of fused-ring (bicyclic) bond motifs is 1. The molecular weight excluding hydrogens is 681 g/mol. The van der Waals surface area contributed by atoms with Gasteiger partial charge in [-0.3, -0.25) is 9.05 Å². The molecule has 0 radical (unpaired) electrons. The van der Waals surface area contributed by atoms with Crippen LogP contribution in [0.25, 0.3) is 5.52 Å². The Kier molecular flexibility index (Phi) is 18.0. The molecule has 0 aliphatic carbocycles. The topological polar surface area (TPSA) is 163 Å². The third kappa shape index (κ3) is 14.2. The van der Waals surface area contributed by atoms with Crippen molar-refractivity contribution in [1.29, 1.82) is 5.26 Å². The molecule has 4 atom stereocenters. The monoisotopic (exact) mass is 741 g/mol. The molecule has 1 unspecified atom stereocenters. The Bertz CT molecular complexity index is 1530. The average Bonchev–Trinajstić information content (AvgIpc) is 3.78. The largest absolute Gasteiger partial charge is 0.472 e. The first-order valence-corrected chi connectivity index (χ1v) is 20.7. The van der Waals surface area contributed by atoms with Crippen LogP contribution in [0.1, 0.15) is 121 Å². The smallest absolute Gasteiger partial charge is 0.382 e. The predicted octanol–water partition coefficient (Wildman–Crippen LogP) is 8.67. The molecule has 12 nitrogen and oxygen atoms in total. The molecule has 1 fully saturated rings. The van der Waals surface area contributed by atoms with Gasteiger partial charge in [-0.2, -0.15) is 10.4 Å². The summed E-state index contributed by atoms with van der Waals surface area (Å²) in [4.78, 5) is 14.5. The van der Waals surface area contributed by atoms with Crippen molar-refractivity contribution in [3.8, 4) is 6.07 Å². The van der Waals surface area contributed by atoms with Crippen LogP contribution in [0.4, 0.5) is 5.82 Å². The Hall–Kier alpha value is -2.88. The lowest BCUT2D eigenvalue weighted by molar-refractivity contribution is -0.0560. The second-order valence-corrected chi connectivity index (χ2v) is 15.8. The number of hydrogen-bond donors (Lipinski definition) is 2. The van der Waals surface area contributed by atoms with Gasteiger partial charge in [0.15, 0.2) is 11.4 Å². The SMILES string of the molecule is CC(C)CCCCCCCCCCCCCCOC[C@H](COP(=O)(O)OC[C@@H]1CC[C@](C#N)(c2ccc3c(N)ncnn23)O1)OCc1ccccc1. The van der Waals surface area contributed by atoms with Crippen molar-refractivity contribution in [2.75, 3.05) is 32.2 Å². The summed E-state index contributed by atoms with van der Waals surface area (Å²) in [5.41, 5.74) is 6.68. The van der Waals surface area contributed by atoms with Gasteiger partial charge in [0.25, 0.3) is 0 Å². The first kappa shape index (κ1) is 41.9. The second-order valence-electron chi connectivity index (χ2n) is 14.4. The van der Waals surface area contributed by atoms with Gasteiger partial charge in [0.2, 0.25) is 0 Å². The average molecular weight is 742 g/mol. The Balaban J connectivity index is 1.13. The van der Waals surface area contributed by atoms with Crippen molar-refractivity contribution < 1.29 is 32.7 Å². The molecular formula is C39H60N5O7P. The number of hydrogen-bond acceptors (Lipinski definition) is 10. The number of nitrogens with two attached hydrogens (primary N) is 1. The van der Waals surface area contributed by atoms with Crippen LogP contribution in [0.2, 0.25) is 0 Å². The Morgan fingerprint density at radius 3 is 2.33 bits per heavy atom. The van der Waals surface area contributed by atoms with E-state index in [-0.39, 0.29) is 25.6 Å². The first-order valence-electron chi connectivity index (χ1n) is 19.2. The number of ether oxygens (including phenoxy) is 3. The van der Waals surface area contributed by atoms with Gasteiger partial charge in [-0.05, 0) is 42.9 Å². The second kappa shape index (κ2) is 22.4. The van der Waals surface area contributed by atoms with Crippen LogP contribution in [0.15, 0.2) is 48.8 Å². The lowest BCUT2D eigenvalue weighted by Gasteiger charge is -2.23. The molecule has 0 amide bonds. The fourth-order valence-corrected chi connectivity index (χ4v) is 7.32. The van der Waals surface area contributed by atoms with Crippen LogP contribution in [0.5, 0.6) is 0 Å². The van der Waals surface area contributed by atoms with Gasteiger partial charge in [0.1, 0.15) is 24.0 Å². The normalized spacial score (nSPS) is 19.2. The number of phosphoric ester groups is 1. The molecule has 0 spiro atoms. The maximum absolute atomic E-state index is 12.9. The molecule has 3 heterocycles. The summed E-state index contributed by atoms with van der Waals surface area (Å²) >= 11 is 0. The molecule has 0 bridgehead atoms. The zero-order valence-corrected chi connectivity index (χ0v) is 32.1. The van der Waals surface area contributed by atoms with E-state index in [1.807, 2.05) is 30.3 Å². The summed E-state index contributed by atoms with van der Waals surface area (Å²) in [6.07, 6.45) is 17.6. The first-order chi connectivity index (χ1) is 25.2. The molecule has 3 aromatic rings. The lowest BCUT2D eigenvalue weighted by Crippen LogP contribution is -2.28. The molecule has 288 valence electrons. The van der Waals surface area contributed by atoms with E-state index >= 15 is 0 Å². The van der Waals surface area contributed by atoms with E-state index in [4.69, 9.17) is 29.0 Å². The van der Waals surface area contributed by atoms with Gasteiger partial charge in [0, 0.05) is 6.61 Å². The van der Waals surface area contributed by atoms with Crippen molar-refractivity contribution >= 4 is 19.2 Å². The fourth-order valence-electron chi connectivity index (χ4n) is 6.53. The molecule has 4 rings (SSSR count). The van der Waals surface area contributed by atoms with Crippen LogP contribution < -0.4 is 5.73 Å². The minimum Gasteiger partial charge on any atom is -0.382 e. The third-order valence-electron chi connectivity index (χ3n) is 9.56. The standard InChI is InChI=1S/C39H60N5O7P/c1-32(2)18-14-11-9-7-5-3-4-6-8-10-12-17-25-47-27-35(48-26-33-19-15-13-16-20-33)29-50-52(45,46)49-28-34-23-24-39(30-40,51-34)37-22-21-36-38(41)42-31-43-44(36)37/h13,15-16,19-22,31-32,34-35H,3-12,14,17-18,23-29H2,1-2H3,(H,45,46)(H2,41,42,43)/t34-,35+,39-/m0/s1. The van der Waals surface area contributed by atoms with E-state index in [9.17, 15) is 14.7 Å². The van der Waals surface area contributed by atoms with Crippen LogP contribution in [0.3, 0.4) is 0 Å². The highest BCUT2D eigenvalue weighted by Crippen LogP contribution is 2.46.